The Morgan fingerprint density at radius 2 is 2.09 bits per heavy atom. The molecule has 0 bridgehead atoms. The lowest BCUT2D eigenvalue weighted by atomic mass is 10.1. The molecule has 0 aliphatic heterocycles. The summed E-state index contributed by atoms with van der Waals surface area (Å²) in [7, 11) is 0. The zero-order valence-electron chi connectivity index (χ0n) is 11.5. The molecule has 0 aliphatic carbocycles. The predicted octanol–water partition coefficient (Wildman–Crippen LogP) is 2.74. The minimum Gasteiger partial charge on any atom is -0.387 e. The number of nitrogens with zero attached hydrogens (tertiary/aromatic N) is 1. The third kappa shape index (κ3) is 4.95. The van der Waals surface area contributed by atoms with E-state index in [-0.39, 0.29) is 6.54 Å². The van der Waals surface area contributed by atoms with Crippen LogP contribution in [-0.2, 0) is 4.79 Å². The second kappa shape index (κ2) is 7.68. The van der Waals surface area contributed by atoms with Crippen LogP contribution in [0.5, 0.6) is 0 Å². The van der Waals surface area contributed by atoms with Gasteiger partial charge in [-0.15, -0.1) is 0 Å². The molecule has 0 radical (unpaired) electrons. The minimum atomic E-state index is -0.828. The number of aliphatic hydroxyl groups excluding tert-OH is 1. The van der Waals surface area contributed by atoms with Crippen molar-refractivity contribution in [2.75, 3.05) is 6.54 Å². The Kier molecular flexibility index (Phi) is 5.63. The number of rotatable bonds is 5. The SMILES string of the molecule is O=C(/C=C/c1cncc(F)c1)NCC(O)c1ccc(Cl)cc1. The largest absolute Gasteiger partial charge is 0.387 e. The number of hydrogen-bond acceptors (Lipinski definition) is 3. The summed E-state index contributed by atoms with van der Waals surface area (Å²) in [5, 5.41) is 13.1. The van der Waals surface area contributed by atoms with E-state index in [0.717, 1.165) is 6.20 Å². The van der Waals surface area contributed by atoms with E-state index < -0.39 is 17.8 Å². The average Bonchev–Trinajstić information content (AvgIpc) is 2.51. The van der Waals surface area contributed by atoms with Crippen LogP contribution in [-0.4, -0.2) is 22.5 Å². The number of carbonyl (C=O) groups is 1. The molecule has 0 aliphatic rings. The van der Waals surface area contributed by atoms with Gasteiger partial charge in [0.25, 0.3) is 0 Å². The van der Waals surface area contributed by atoms with Crippen molar-refractivity contribution >= 4 is 23.6 Å². The molecule has 114 valence electrons. The van der Waals surface area contributed by atoms with E-state index in [4.69, 9.17) is 11.6 Å². The first-order valence-corrected chi connectivity index (χ1v) is 6.92. The number of hydrogen-bond donors (Lipinski definition) is 2. The summed E-state index contributed by atoms with van der Waals surface area (Å²) in [4.78, 5) is 15.3. The van der Waals surface area contributed by atoms with Gasteiger partial charge in [-0.2, -0.15) is 0 Å². The van der Waals surface area contributed by atoms with Gasteiger partial charge in [-0.05, 0) is 35.4 Å². The maximum atomic E-state index is 12.9. The molecule has 4 nitrogen and oxygen atoms in total. The lowest BCUT2D eigenvalue weighted by molar-refractivity contribution is -0.116. The molecular weight excluding hydrogens is 307 g/mol. The second-order valence-corrected chi connectivity index (χ2v) is 5.02. The normalized spacial score (nSPS) is 12.3. The second-order valence-electron chi connectivity index (χ2n) is 4.58. The highest BCUT2D eigenvalue weighted by Crippen LogP contribution is 2.15. The molecule has 2 aromatic rings. The maximum Gasteiger partial charge on any atom is 0.244 e. The van der Waals surface area contributed by atoms with Crippen LogP contribution in [0.3, 0.4) is 0 Å². The first-order valence-electron chi connectivity index (χ1n) is 6.54. The molecular formula is C16H14ClFN2O2. The van der Waals surface area contributed by atoms with Gasteiger partial charge < -0.3 is 10.4 Å². The first kappa shape index (κ1) is 16.1. The van der Waals surface area contributed by atoms with E-state index in [9.17, 15) is 14.3 Å². The fourth-order valence-corrected chi connectivity index (χ4v) is 1.88. The molecule has 2 N–H and O–H groups in total. The Morgan fingerprint density at radius 3 is 2.77 bits per heavy atom. The summed E-state index contributed by atoms with van der Waals surface area (Å²) in [5.74, 6) is -0.863. The van der Waals surface area contributed by atoms with Crippen LogP contribution in [0.2, 0.25) is 5.02 Å². The third-order valence-electron chi connectivity index (χ3n) is 2.88. The Bertz CT molecular complexity index is 674. The van der Waals surface area contributed by atoms with Gasteiger partial charge in [0, 0.05) is 23.8 Å². The van der Waals surface area contributed by atoms with E-state index in [2.05, 4.69) is 10.3 Å². The number of amides is 1. The highest BCUT2D eigenvalue weighted by Gasteiger charge is 2.08. The number of aromatic nitrogens is 1. The van der Waals surface area contributed by atoms with Crippen molar-refractivity contribution in [1.29, 1.82) is 0 Å². The number of nitrogens with one attached hydrogen (secondary N) is 1. The summed E-state index contributed by atoms with van der Waals surface area (Å²) in [6.45, 7) is 0.0617. The molecule has 1 atom stereocenters. The zero-order valence-corrected chi connectivity index (χ0v) is 12.3. The lowest BCUT2D eigenvalue weighted by Gasteiger charge is -2.11. The molecule has 0 spiro atoms. The molecule has 0 saturated heterocycles. The first-order chi connectivity index (χ1) is 10.5. The van der Waals surface area contributed by atoms with Crippen molar-refractivity contribution < 1.29 is 14.3 Å². The van der Waals surface area contributed by atoms with E-state index in [1.165, 1.54) is 24.4 Å². The Labute approximate surface area is 132 Å². The van der Waals surface area contributed by atoms with Gasteiger partial charge >= 0.3 is 0 Å². The van der Waals surface area contributed by atoms with Crippen LogP contribution in [0.25, 0.3) is 6.08 Å². The van der Waals surface area contributed by atoms with Crippen molar-refractivity contribution in [2.45, 2.75) is 6.10 Å². The van der Waals surface area contributed by atoms with Crippen molar-refractivity contribution in [1.82, 2.24) is 10.3 Å². The van der Waals surface area contributed by atoms with Crippen LogP contribution < -0.4 is 5.32 Å². The van der Waals surface area contributed by atoms with E-state index in [1.807, 2.05) is 0 Å². The van der Waals surface area contributed by atoms with Gasteiger partial charge in [0.05, 0.1) is 12.3 Å². The minimum absolute atomic E-state index is 0.0617. The Hall–Kier alpha value is -2.24. The van der Waals surface area contributed by atoms with Gasteiger partial charge in [0.2, 0.25) is 5.91 Å². The third-order valence-corrected chi connectivity index (χ3v) is 3.13. The fraction of sp³-hybridized carbons (Fsp3) is 0.125. The van der Waals surface area contributed by atoms with Gasteiger partial charge in [-0.25, -0.2) is 4.39 Å². The van der Waals surface area contributed by atoms with Crippen molar-refractivity contribution in [3.05, 3.63) is 70.8 Å². The molecule has 1 aromatic carbocycles. The Morgan fingerprint density at radius 1 is 1.36 bits per heavy atom. The number of carbonyl (C=O) groups excluding carboxylic acids is 1. The molecule has 1 amide bonds. The predicted molar refractivity (Wildman–Crippen MR) is 82.7 cm³/mol. The average molecular weight is 321 g/mol. The van der Waals surface area contributed by atoms with Gasteiger partial charge in [-0.3, -0.25) is 9.78 Å². The zero-order chi connectivity index (χ0) is 15.9. The van der Waals surface area contributed by atoms with Crippen LogP contribution >= 0.6 is 11.6 Å². The number of benzene rings is 1. The molecule has 2 rings (SSSR count). The van der Waals surface area contributed by atoms with Gasteiger partial charge in [0.1, 0.15) is 5.82 Å². The summed E-state index contributed by atoms with van der Waals surface area (Å²) in [6, 6.07) is 7.97. The van der Waals surface area contributed by atoms with Crippen LogP contribution in [0, 0.1) is 5.82 Å². The van der Waals surface area contributed by atoms with Crippen molar-refractivity contribution in [3.63, 3.8) is 0 Å². The maximum absolute atomic E-state index is 12.9. The summed E-state index contributed by atoms with van der Waals surface area (Å²) in [5.41, 5.74) is 1.14. The van der Waals surface area contributed by atoms with Crippen molar-refractivity contribution in [2.24, 2.45) is 0 Å². The number of pyridine rings is 1. The molecule has 1 heterocycles. The highest BCUT2D eigenvalue weighted by atomic mass is 35.5. The fourth-order valence-electron chi connectivity index (χ4n) is 1.75. The summed E-state index contributed by atoms with van der Waals surface area (Å²) >= 11 is 5.76. The Balaban J connectivity index is 1.86. The van der Waals surface area contributed by atoms with E-state index in [0.29, 0.717) is 16.1 Å². The van der Waals surface area contributed by atoms with Crippen LogP contribution in [0.1, 0.15) is 17.2 Å². The summed E-state index contributed by atoms with van der Waals surface area (Å²) in [6.07, 6.45) is 4.39. The quantitative estimate of drug-likeness (QED) is 0.833. The topological polar surface area (TPSA) is 62.2 Å². The van der Waals surface area contributed by atoms with Gasteiger partial charge in [0.15, 0.2) is 0 Å². The van der Waals surface area contributed by atoms with Gasteiger partial charge in [-0.1, -0.05) is 23.7 Å². The molecule has 6 heteroatoms. The van der Waals surface area contributed by atoms with E-state index >= 15 is 0 Å². The molecule has 1 unspecified atom stereocenters. The summed E-state index contributed by atoms with van der Waals surface area (Å²) < 4.78 is 12.9. The monoisotopic (exact) mass is 320 g/mol. The molecule has 1 aromatic heterocycles. The van der Waals surface area contributed by atoms with Crippen LogP contribution in [0.4, 0.5) is 4.39 Å². The lowest BCUT2D eigenvalue weighted by Crippen LogP contribution is -2.26. The number of halogens is 2. The smallest absolute Gasteiger partial charge is 0.244 e. The molecule has 0 fully saturated rings. The molecule has 0 saturated carbocycles. The highest BCUT2D eigenvalue weighted by molar-refractivity contribution is 6.30. The van der Waals surface area contributed by atoms with E-state index in [1.54, 1.807) is 24.3 Å². The van der Waals surface area contributed by atoms with Crippen LogP contribution in [0.15, 0.2) is 48.8 Å². The number of aliphatic hydroxyl groups is 1. The molecule has 22 heavy (non-hydrogen) atoms. The standard InChI is InChI=1S/C16H14ClFN2O2/c17-13-4-2-12(3-5-13)15(21)10-20-16(22)6-1-11-7-14(18)9-19-8-11/h1-9,15,21H,10H2,(H,20,22)/b6-1+. The van der Waals surface area contributed by atoms with Crippen molar-refractivity contribution in [3.8, 4) is 0 Å².